The Morgan fingerprint density at radius 2 is 2.04 bits per heavy atom. The summed E-state index contributed by atoms with van der Waals surface area (Å²) >= 11 is 6.36. The fraction of sp³-hybridized carbons (Fsp3) is 0.476. The van der Waals surface area contributed by atoms with E-state index in [9.17, 15) is 5.11 Å². The van der Waals surface area contributed by atoms with Crippen LogP contribution < -0.4 is 10.1 Å². The van der Waals surface area contributed by atoms with Crippen molar-refractivity contribution in [2.24, 2.45) is 5.92 Å². The van der Waals surface area contributed by atoms with Gasteiger partial charge in [0.1, 0.15) is 5.75 Å². The van der Waals surface area contributed by atoms with Crippen LogP contribution in [0, 0.1) is 5.92 Å². The van der Waals surface area contributed by atoms with Crippen molar-refractivity contribution < 1.29 is 9.84 Å². The fourth-order valence-electron chi connectivity index (χ4n) is 2.59. The maximum absolute atomic E-state index is 9.43. The van der Waals surface area contributed by atoms with Gasteiger partial charge in [-0.15, -0.1) is 0 Å². The summed E-state index contributed by atoms with van der Waals surface area (Å²) in [6, 6.07) is 11.8. The Kier molecular flexibility index (Phi) is 8.36. The number of rotatable bonds is 10. The lowest BCUT2D eigenvalue weighted by Crippen LogP contribution is -2.36. The quantitative estimate of drug-likeness (QED) is 0.591. The minimum atomic E-state index is 0.0643. The monoisotopic (exact) mass is 376 g/mol. The van der Waals surface area contributed by atoms with Crippen LogP contribution in [0.2, 0.25) is 5.02 Å². The topological polar surface area (TPSA) is 54.4 Å². The van der Waals surface area contributed by atoms with E-state index in [4.69, 9.17) is 21.3 Å². The number of benzene rings is 1. The first-order valence-corrected chi connectivity index (χ1v) is 9.65. The summed E-state index contributed by atoms with van der Waals surface area (Å²) in [4.78, 5) is 4.71. The molecule has 2 rings (SSSR count). The summed E-state index contributed by atoms with van der Waals surface area (Å²) in [6.07, 6.45) is 2.11. The highest BCUT2D eigenvalue weighted by molar-refractivity contribution is 6.32. The van der Waals surface area contributed by atoms with Crippen molar-refractivity contribution in [3.05, 3.63) is 47.1 Å². The first-order chi connectivity index (χ1) is 12.5. The van der Waals surface area contributed by atoms with Gasteiger partial charge in [0.2, 0.25) is 0 Å². The van der Waals surface area contributed by atoms with Gasteiger partial charge in [0, 0.05) is 18.2 Å². The molecule has 1 aromatic heterocycles. The second-order valence-electron chi connectivity index (χ2n) is 6.78. The molecule has 0 aliphatic heterocycles. The summed E-state index contributed by atoms with van der Waals surface area (Å²) in [5, 5.41) is 13.4. The summed E-state index contributed by atoms with van der Waals surface area (Å²) in [7, 11) is 0. The van der Waals surface area contributed by atoms with E-state index < -0.39 is 0 Å². The average Bonchev–Trinajstić information content (AvgIpc) is 2.63. The molecule has 1 aromatic carbocycles. The predicted molar refractivity (Wildman–Crippen MR) is 108 cm³/mol. The van der Waals surface area contributed by atoms with Gasteiger partial charge in [0.25, 0.3) is 0 Å². The van der Waals surface area contributed by atoms with Crippen molar-refractivity contribution >= 4 is 11.6 Å². The highest BCUT2D eigenvalue weighted by atomic mass is 35.5. The summed E-state index contributed by atoms with van der Waals surface area (Å²) in [5.41, 5.74) is 2.76. The molecule has 0 radical (unpaired) electrons. The maximum atomic E-state index is 9.43. The molecule has 0 saturated heterocycles. The Bertz CT molecular complexity index is 691. The SMILES string of the molecule is CCCCOc1ccc(-c2cccc(CN[C@H](CO)C(C)C)n2)cc1Cl. The number of aromatic nitrogens is 1. The molecule has 1 atom stereocenters. The van der Waals surface area contributed by atoms with Crippen LogP contribution in [-0.4, -0.2) is 29.3 Å². The molecule has 0 amide bonds. The molecule has 2 aromatic rings. The van der Waals surface area contributed by atoms with Crippen LogP contribution >= 0.6 is 11.6 Å². The molecule has 0 unspecified atom stereocenters. The zero-order valence-electron chi connectivity index (χ0n) is 15.8. The van der Waals surface area contributed by atoms with Crippen LogP contribution in [-0.2, 0) is 6.54 Å². The summed E-state index contributed by atoms with van der Waals surface area (Å²) < 4.78 is 5.71. The van der Waals surface area contributed by atoms with Crippen molar-refractivity contribution in [1.82, 2.24) is 10.3 Å². The normalized spacial score (nSPS) is 12.4. The predicted octanol–water partition coefficient (Wildman–Crippen LogP) is 4.69. The van der Waals surface area contributed by atoms with Gasteiger partial charge in [0.05, 0.1) is 29.6 Å². The fourth-order valence-corrected chi connectivity index (χ4v) is 2.82. The van der Waals surface area contributed by atoms with Gasteiger partial charge in [-0.3, -0.25) is 4.98 Å². The van der Waals surface area contributed by atoms with Crippen molar-refractivity contribution in [2.45, 2.75) is 46.2 Å². The Morgan fingerprint density at radius 3 is 2.69 bits per heavy atom. The third kappa shape index (κ3) is 5.97. The molecule has 0 aliphatic carbocycles. The van der Waals surface area contributed by atoms with Gasteiger partial charge in [0.15, 0.2) is 0 Å². The van der Waals surface area contributed by atoms with E-state index in [-0.39, 0.29) is 12.6 Å². The number of unbranched alkanes of at least 4 members (excludes halogenated alkanes) is 1. The zero-order chi connectivity index (χ0) is 18.9. The van der Waals surface area contributed by atoms with Crippen LogP contribution in [0.1, 0.15) is 39.3 Å². The summed E-state index contributed by atoms with van der Waals surface area (Å²) in [6.45, 7) is 7.71. The minimum Gasteiger partial charge on any atom is -0.492 e. The van der Waals surface area contributed by atoms with E-state index in [0.717, 1.165) is 29.8 Å². The Labute approximate surface area is 161 Å². The first-order valence-electron chi connectivity index (χ1n) is 9.28. The molecule has 5 heteroatoms. The van der Waals surface area contributed by atoms with E-state index in [1.165, 1.54) is 0 Å². The number of aliphatic hydroxyl groups is 1. The minimum absolute atomic E-state index is 0.0643. The Morgan fingerprint density at radius 1 is 1.23 bits per heavy atom. The molecule has 26 heavy (non-hydrogen) atoms. The van der Waals surface area contributed by atoms with Gasteiger partial charge in [-0.25, -0.2) is 0 Å². The largest absolute Gasteiger partial charge is 0.492 e. The molecule has 1 heterocycles. The van der Waals surface area contributed by atoms with Crippen molar-refractivity contribution in [1.29, 1.82) is 0 Å². The summed E-state index contributed by atoms with van der Waals surface area (Å²) in [5.74, 6) is 1.08. The molecule has 0 saturated carbocycles. The molecular formula is C21H29ClN2O2. The zero-order valence-corrected chi connectivity index (χ0v) is 16.6. The van der Waals surface area contributed by atoms with E-state index in [2.05, 4.69) is 26.1 Å². The molecule has 0 fully saturated rings. The van der Waals surface area contributed by atoms with Crippen LogP contribution in [0.3, 0.4) is 0 Å². The molecule has 4 nitrogen and oxygen atoms in total. The van der Waals surface area contributed by atoms with Crippen LogP contribution in [0.4, 0.5) is 0 Å². The first kappa shape index (κ1) is 20.7. The number of nitrogens with one attached hydrogen (secondary N) is 1. The highest BCUT2D eigenvalue weighted by Crippen LogP contribution is 2.30. The van der Waals surface area contributed by atoms with Gasteiger partial charge in [-0.2, -0.15) is 0 Å². The van der Waals surface area contributed by atoms with Gasteiger partial charge >= 0.3 is 0 Å². The third-order valence-electron chi connectivity index (χ3n) is 4.34. The molecule has 0 bridgehead atoms. The Balaban J connectivity index is 2.08. The molecular weight excluding hydrogens is 348 g/mol. The lowest BCUT2D eigenvalue weighted by Gasteiger charge is -2.19. The highest BCUT2D eigenvalue weighted by Gasteiger charge is 2.12. The second kappa shape index (κ2) is 10.5. The van der Waals surface area contributed by atoms with Gasteiger partial charge in [-0.1, -0.05) is 44.9 Å². The van der Waals surface area contributed by atoms with Crippen molar-refractivity contribution in [3.63, 3.8) is 0 Å². The number of halogens is 1. The van der Waals surface area contributed by atoms with Gasteiger partial charge in [-0.05, 0) is 42.7 Å². The van der Waals surface area contributed by atoms with Crippen molar-refractivity contribution in [2.75, 3.05) is 13.2 Å². The van der Waals surface area contributed by atoms with Crippen molar-refractivity contribution in [3.8, 4) is 17.0 Å². The average molecular weight is 377 g/mol. The van der Waals surface area contributed by atoms with E-state index in [1.54, 1.807) is 0 Å². The smallest absolute Gasteiger partial charge is 0.137 e. The van der Waals surface area contributed by atoms with Crippen LogP contribution in [0.25, 0.3) is 11.3 Å². The molecule has 0 aliphatic rings. The second-order valence-corrected chi connectivity index (χ2v) is 7.18. The Hall–Kier alpha value is -1.62. The number of pyridine rings is 1. The number of hydrogen-bond donors (Lipinski definition) is 2. The molecule has 2 N–H and O–H groups in total. The number of ether oxygens (including phenoxy) is 1. The van der Waals surface area contributed by atoms with Crippen LogP contribution in [0.15, 0.2) is 36.4 Å². The van der Waals surface area contributed by atoms with E-state index in [1.807, 2.05) is 36.4 Å². The van der Waals surface area contributed by atoms with E-state index >= 15 is 0 Å². The lowest BCUT2D eigenvalue weighted by atomic mass is 10.1. The van der Waals surface area contributed by atoms with Gasteiger partial charge < -0.3 is 15.2 Å². The maximum Gasteiger partial charge on any atom is 0.137 e. The van der Waals surface area contributed by atoms with Crippen LogP contribution in [0.5, 0.6) is 5.75 Å². The molecule has 0 spiro atoms. The number of hydrogen-bond acceptors (Lipinski definition) is 4. The molecule has 142 valence electrons. The number of aliphatic hydroxyl groups excluding tert-OH is 1. The lowest BCUT2D eigenvalue weighted by molar-refractivity contribution is 0.209. The number of nitrogens with zero attached hydrogens (tertiary/aromatic N) is 1. The standard InChI is InChI=1S/C21H29ClN2O2/c1-4-5-11-26-21-10-9-16(12-18(21)22)19-8-6-7-17(24-19)13-23-20(14-25)15(2)3/h6-10,12,15,20,23,25H,4-5,11,13-14H2,1-3H3/t20-/m1/s1. The van der Waals surface area contributed by atoms with E-state index in [0.29, 0.717) is 29.8 Å². The third-order valence-corrected chi connectivity index (χ3v) is 4.63.